The lowest BCUT2D eigenvalue weighted by molar-refractivity contribution is -0.135. The van der Waals surface area contributed by atoms with Crippen LogP contribution in [0.25, 0.3) is 44.7 Å². The molecule has 4 amide bonds. The number of hydrogen-bond acceptors (Lipinski definition) is 11. The Labute approximate surface area is 397 Å². The highest BCUT2D eigenvalue weighted by atomic mass is 32.1. The molecule has 0 spiro atoms. The Morgan fingerprint density at radius 1 is 0.897 bits per heavy atom. The van der Waals surface area contributed by atoms with Crippen molar-refractivity contribution in [3.8, 4) is 39.5 Å². The third-order valence-corrected chi connectivity index (χ3v) is 14.2. The van der Waals surface area contributed by atoms with Gasteiger partial charge in [0.25, 0.3) is 5.91 Å². The van der Waals surface area contributed by atoms with Crippen LogP contribution in [0, 0.1) is 17.7 Å². The fraction of sp³-hybridized carbons (Fsp3) is 0.449. The van der Waals surface area contributed by atoms with Crippen molar-refractivity contribution in [2.45, 2.75) is 103 Å². The number of amides is 4. The van der Waals surface area contributed by atoms with Crippen LogP contribution in [0.2, 0.25) is 0 Å². The molecule has 17 nitrogen and oxygen atoms in total. The SMILES string of the molecule is CCCCN(C(=O)[C@@H](NC(=O)OC)C(C)C)c1ncc(-c2ccc3c(c2)cc2n3C(c3cnc(C4CC4)s3)Oc3cc(-c4cnc([C@@H]5CCCN5C(=O)[C@@H](NC(=O)OC)C(C)C)[nH]4)cc(F)c3-2)[nH]1. The highest BCUT2D eigenvalue weighted by Crippen LogP contribution is 2.50. The molecule has 4 N–H and O–H groups in total. The zero-order chi connectivity index (χ0) is 48.0. The maximum atomic E-state index is 16.9. The molecule has 2 aliphatic heterocycles. The van der Waals surface area contributed by atoms with Crippen molar-refractivity contribution in [2.75, 3.05) is 32.2 Å². The Morgan fingerprint density at radius 2 is 1.62 bits per heavy atom. The van der Waals surface area contributed by atoms with Crippen molar-refractivity contribution in [2.24, 2.45) is 11.8 Å². The topological polar surface area (TPSA) is 202 Å². The predicted molar refractivity (Wildman–Crippen MR) is 255 cm³/mol. The number of unbranched alkanes of at least 4 members (excludes halogenated alkanes) is 1. The molecule has 6 heterocycles. The minimum Gasteiger partial charge on any atom is -0.464 e. The third kappa shape index (κ3) is 8.90. The van der Waals surface area contributed by atoms with Gasteiger partial charge in [-0.05, 0) is 74.3 Å². The lowest BCUT2D eigenvalue weighted by Gasteiger charge is -2.30. The lowest BCUT2D eigenvalue weighted by Crippen LogP contribution is -2.52. The summed E-state index contributed by atoms with van der Waals surface area (Å²) in [5.41, 5.74) is 4.34. The van der Waals surface area contributed by atoms with Crippen molar-refractivity contribution in [3.05, 3.63) is 76.5 Å². The molecule has 4 aromatic heterocycles. The maximum absolute atomic E-state index is 16.9. The van der Waals surface area contributed by atoms with Crippen molar-refractivity contribution in [3.63, 3.8) is 0 Å². The Morgan fingerprint density at radius 3 is 2.32 bits per heavy atom. The predicted octanol–water partition coefficient (Wildman–Crippen LogP) is 9.06. The van der Waals surface area contributed by atoms with Gasteiger partial charge in [0.2, 0.25) is 18.1 Å². The Hall–Kier alpha value is -6.76. The van der Waals surface area contributed by atoms with E-state index in [9.17, 15) is 19.2 Å². The van der Waals surface area contributed by atoms with Crippen molar-refractivity contribution >= 4 is 52.2 Å². The second kappa shape index (κ2) is 19.1. The molecule has 0 bridgehead atoms. The van der Waals surface area contributed by atoms with Gasteiger partial charge in [0.15, 0.2) is 0 Å². The van der Waals surface area contributed by atoms with E-state index in [-0.39, 0.29) is 29.7 Å². The molecular formula is C49H57FN10O7S. The number of likely N-dealkylation sites (tertiary alicyclic amines) is 1. The van der Waals surface area contributed by atoms with Gasteiger partial charge >= 0.3 is 12.2 Å². The average molecular weight is 949 g/mol. The molecule has 2 aromatic carbocycles. The van der Waals surface area contributed by atoms with Crippen LogP contribution in [0.15, 0.2) is 55.0 Å². The largest absolute Gasteiger partial charge is 0.464 e. The molecule has 0 radical (unpaired) electrons. The number of alkyl carbamates (subject to hydrolysis) is 2. The van der Waals surface area contributed by atoms with Gasteiger partial charge in [-0.2, -0.15) is 0 Å². The number of halogens is 1. The van der Waals surface area contributed by atoms with E-state index in [0.29, 0.717) is 71.2 Å². The summed E-state index contributed by atoms with van der Waals surface area (Å²) in [6, 6.07) is 9.25. The fourth-order valence-corrected chi connectivity index (χ4v) is 10.3. The molecular weight excluding hydrogens is 892 g/mol. The van der Waals surface area contributed by atoms with E-state index in [1.807, 2.05) is 75.7 Å². The first-order valence-electron chi connectivity index (χ1n) is 23.3. The Bertz CT molecular complexity index is 2860. The second-order valence-electron chi connectivity index (χ2n) is 18.4. The minimum absolute atomic E-state index is 0.180. The summed E-state index contributed by atoms with van der Waals surface area (Å²) in [7, 11) is 2.53. The van der Waals surface area contributed by atoms with Crippen molar-refractivity contribution < 1.29 is 37.8 Å². The van der Waals surface area contributed by atoms with Gasteiger partial charge in [0.05, 0.1) is 70.7 Å². The van der Waals surface area contributed by atoms with Gasteiger partial charge in [0.1, 0.15) is 29.5 Å². The number of aromatic nitrogens is 6. The fourth-order valence-electron chi connectivity index (χ4n) is 9.16. The zero-order valence-corrected chi connectivity index (χ0v) is 40.0. The molecule has 1 saturated heterocycles. The summed E-state index contributed by atoms with van der Waals surface area (Å²) in [6.07, 6.45) is 8.37. The number of nitrogens with zero attached hydrogens (tertiary/aromatic N) is 6. The molecule has 1 aliphatic carbocycles. The van der Waals surface area contributed by atoms with Crippen molar-refractivity contribution in [1.82, 2.24) is 45.0 Å². The molecule has 6 aromatic rings. The number of hydrogen-bond donors (Lipinski definition) is 4. The summed E-state index contributed by atoms with van der Waals surface area (Å²) in [5, 5.41) is 7.26. The molecule has 2 fully saturated rings. The number of ether oxygens (including phenoxy) is 3. The molecule has 19 heteroatoms. The molecule has 358 valence electrons. The highest BCUT2D eigenvalue weighted by molar-refractivity contribution is 7.11. The Kier molecular flexibility index (Phi) is 13.0. The number of benzene rings is 2. The van der Waals surface area contributed by atoms with E-state index < -0.39 is 36.3 Å². The molecule has 1 unspecified atom stereocenters. The van der Waals surface area contributed by atoms with Crippen LogP contribution in [0.3, 0.4) is 0 Å². The summed E-state index contributed by atoms with van der Waals surface area (Å²) in [5.74, 6) is 0.323. The summed E-state index contributed by atoms with van der Waals surface area (Å²) in [4.78, 5) is 77.2. The normalized spacial score (nSPS) is 17.4. The summed E-state index contributed by atoms with van der Waals surface area (Å²) < 4.78 is 35.4. The number of H-pyrrole nitrogens is 2. The first-order chi connectivity index (χ1) is 32.8. The van der Waals surface area contributed by atoms with Gasteiger partial charge in [0, 0.05) is 41.7 Å². The average Bonchev–Trinajstić information content (AvgIpc) is 3.92. The minimum atomic E-state index is -0.829. The van der Waals surface area contributed by atoms with Crippen LogP contribution in [0.5, 0.6) is 5.75 Å². The van der Waals surface area contributed by atoms with Crippen LogP contribution in [0.4, 0.5) is 19.9 Å². The van der Waals surface area contributed by atoms with Crippen LogP contribution in [-0.2, 0) is 19.1 Å². The number of nitrogens with one attached hydrogen (secondary N) is 4. The van der Waals surface area contributed by atoms with E-state index >= 15 is 4.39 Å². The van der Waals surface area contributed by atoms with Gasteiger partial charge in [-0.3, -0.25) is 19.1 Å². The highest BCUT2D eigenvalue weighted by Gasteiger charge is 2.39. The first kappa shape index (κ1) is 46.4. The Balaban J connectivity index is 1.05. The van der Waals surface area contributed by atoms with Crippen LogP contribution in [-0.4, -0.2) is 97.8 Å². The number of methoxy groups -OCH3 is 2. The van der Waals surface area contributed by atoms with E-state index in [1.165, 1.54) is 20.3 Å². The quantitative estimate of drug-likeness (QED) is 0.0770. The van der Waals surface area contributed by atoms with Crippen molar-refractivity contribution in [1.29, 1.82) is 0 Å². The van der Waals surface area contributed by atoms with Gasteiger partial charge in [-0.25, -0.2) is 28.9 Å². The standard InChI is InChI=1S/C49H57FN10O7S/c1-8-9-16-59(45(62)41(26(4)5)57-49(64)66-7)47-53-23-32(55-47)28-14-15-34-30(18-28)20-36-39-31(50)19-29(21-37(39)67-46(60(34)36)38-24-52-43(68-38)27-12-13-27)33-22-51-42(54-33)35-11-10-17-58(35)44(61)40(25(2)3)56-48(63)65-6/h14-15,18-27,35,40-41,46H,8-13,16-17H2,1-7H3,(H,51,54)(H,53,55)(H,56,63)(H,57,64)/t35-,40-,41-,46?/m0/s1. The van der Waals surface area contributed by atoms with Crippen LogP contribution < -0.4 is 20.3 Å². The summed E-state index contributed by atoms with van der Waals surface area (Å²) in [6.45, 7) is 10.4. The number of fused-ring (bicyclic) bond motifs is 5. The van der Waals surface area contributed by atoms with Gasteiger partial charge in [-0.15, -0.1) is 11.3 Å². The van der Waals surface area contributed by atoms with E-state index in [1.54, 1.807) is 33.5 Å². The number of rotatable bonds is 15. The van der Waals surface area contributed by atoms with E-state index in [0.717, 1.165) is 58.5 Å². The van der Waals surface area contributed by atoms with E-state index in [4.69, 9.17) is 24.2 Å². The number of thiazole rings is 1. The smallest absolute Gasteiger partial charge is 0.407 e. The maximum Gasteiger partial charge on any atom is 0.407 e. The second-order valence-corrected chi connectivity index (χ2v) is 19.5. The van der Waals surface area contributed by atoms with Gasteiger partial charge < -0.3 is 39.7 Å². The monoisotopic (exact) mass is 948 g/mol. The third-order valence-electron chi connectivity index (χ3n) is 13.0. The number of carbonyl (C=O) groups excluding carboxylic acids is 4. The molecule has 9 rings (SSSR count). The van der Waals surface area contributed by atoms with Crippen LogP contribution in [0.1, 0.15) is 107 Å². The molecule has 1 saturated carbocycles. The van der Waals surface area contributed by atoms with Crippen LogP contribution >= 0.6 is 11.3 Å². The number of aromatic amines is 2. The first-order valence-corrected chi connectivity index (χ1v) is 24.1. The molecule has 4 atom stereocenters. The lowest BCUT2D eigenvalue weighted by atomic mass is 10.0. The number of carbonyl (C=O) groups is 4. The number of imidazole rings is 2. The molecule has 3 aliphatic rings. The van der Waals surface area contributed by atoms with Gasteiger partial charge in [-0.1, -0.05) is 47.1 Å². The summed E-state index contributed by atoms with van der Waals surface area (Å²) >= 11 is 1.61. The zero-order valence-electron chi connectivity index (χ0n) is 39.2. The molecule has 68 heavy (non-hydrogen) atoms. The van der Waals surface area contributed by atoms with E-state index in [2.05, 4.69) is 25.6 Å². The number of anilines is 1.